The SMILES string of the molecule is O=S(=O)=Nc1nc[nH]n1. The molecule has 0 aliphatic carbocycles. The van der Waals surface area contributed by atoms with Crippen molar-refractivity contribution < 1.29 is 8.42 Å². The van der Waals surface area contributed by atoms with Crippen LogP contribution in [0.15, 0.2) is 10.7 Å². The molecule has 6 nitrogen and oxygen atoms in total. The maximum absolute atomic E-state index is 9.81. The standard InChI is InChI=1S/C2H2N4O2S/c7-9(8)6-2-3-1-4-5-2/h1H,(H,3,4,5). The number of aromatic amines is 1. The molecule has 0 saturated carbocycles. The minimum absolute atomic E-state index is 0.0802. The highest BCUT2D eigenvalue weighted by Crippen LogP contribution is 1.95. The average molecular weight is 146 g/mol. The molecule has 0 aliphatic rings. The third-order valence-corrected chi connectivity index (χ3v) is 0.871. The summed E-state index contributed by atoms with van der Waals surface area (Å²) in [5.74, 6) is -0.0802. The minimum atomic E-state index is -2.46. The molecular weight excluding hydrogens is 144 g/mol. The van der Waals surface area contributed by atoms with E-state index in [-0.39, 0.29) is 5.95 Å². The third-order valence-electron chi connectivity index (χ3n) is 0.558. The quantitative estimate of drug-likeness (QED) is 0.578. The molecule has 0 aromatic carbocycles. The van der Waals surface area contributed by atoms with Crippen molar-refractivity contribution in [3.05, 3.63) is 6.33 Å². The molecule has 9 heavy (non-hydrogen) atoms. The highest BCUT2D eigenvalue weighted by atomic mass is 32.2. The molecule has 1 N–H and O–H groups in total. The fourth-order valence-electron chi connectivity index (χ4n) is 0.313. The van der Waals surface area contributed by atoms with Crippen molar-refractivity contribution in [3.8, 4) is 0 Å². The van der Waals surface area contributed by atoms with Gasteiger partial charge in [-0.1, -0.05) is 4.36 Å². The van der Waals surface area contributed by atoms with Crippen LogP contribution in [0.2, 0.25) is 0 Å². The first kappa shape index (κ1) is 5.89. The van der Waals surface area contributed by atoms with E-state index >= 15 is 0 Å². The lowest BCUT2D eigenvalue weighted by Crippen LogP contribution is -1.65. The molecule has 7 heteroatoms. The van der Waals surface area contributed by atoms with E-state index in [0.717, 1.165) is 0 Å². The lowest BCUT2D eigenvalue weighted by Gasteiger charge is -1.66. The Morgan fingerprint density at radius 2 is 2.44 bits per heavy atom. The Morgan fingerprint density at radius 1 is 1.67 bits per heavy atom. The summed E-state index contributed by atoms with van der Waals surface area (Å²) in [5, 5.41) is 5.67. The number of nitrogens with zero attached hydrogens (tertiary/aromatic N) is 3. The number of rotatable bonds is 1. The van der Waals surface area contributed by atoms with E-state index in [0.29, 0.717) is 0 Å². The molecule has 0 atom stereocenters. The van der Waals surface area contributed by atoms with Gasteiger partial charge in [0.25, 0.3) is 5.95 Å². The van der Waals surface area contributed by atoms with Gasteiger partial charge in [0.15, 0.2) is 0 Å². The van der Waals surface area contributed by atoms with Gasteiger partial charge >= 0.3 is 10.5 Å². The topological polar surface area (TPSA) is 88.1 Å². The summed E-state index contributed by atoms with van der Waals surface area (Å²) in [5.41, 5.74) is 0. The second kappa shape index (κ2) is 2.35. The van der Waals surface area contributed by atoms with Crippen LogP contribution in [-0.4, -0.2) is 23.6 Å². The lowest BCUT2D eigenvalue weighted by molar-refractivity contribution is 0.622. The van der Waals surface area contributed by atoms with Crippen LogP contribution in [0, 0.1) is 0 Å². The van der Waals surface area contributed by atoms with Crippen LogP contribution in [0.4, 0.5) is 5.95 Å². The van der Waals surface area contributed by atoms with Crippen LogP contribution < -0.4 is 0 Å². The summed E-state index contributed by atoms with van der Waals surface area (Å²) >= 11 is 0. The van der Waals surface area contributed by atoms with Gasteiger partial charge in [-0.05, 0) is 0 Å². The summed E-state index contributed by atoms with van der Waals surface area (Å²) < 4.78 is 22.6. The van der Waals surface area contributed by atoms with E-state index in [4.69, 9.17) is 0 Å². The highest BCUT2D eigenvalue weighted by Gasteiger charge is 1.88. The molecule has 1 heterocycles. The molecule has 0 aliphatic heterocycles. The predicted octanol–water partition coefficient (Wildman–Crippen LogP) is -0.501. The molecular formula is C2H2N4O2S. The van der Waals surface area contributed by atoms with Crippen LogP contribution in [0.25, 0.3) is 0 Å². The monoisotopic (exact) mass is 146 g/mol. The number of nitrogens with one attached hydrogen (secondary N) is 1. The fourth-order valence-corrected chi connectivity index (χ4v) is 0.534. The molecule has 0 unspecified atom stereocenters. The molecule has 1 rings (SSSR count). The summed E-state index contributed by atoms with van der Waals surface area (Å²) in [4.78, 5) is 3.43. The average Bonchev–Trinajstić information content (AvgIpc) is 2.15. The van der Waals surface area contributed by atoms with Crippen LogP contribution in [0.1, 0.15) is 0 Å². The molecule has 0 saturated heterocycles. The zero-order chi connectivity index (χ0) is 6.69. The van der Waals surface area contributed by atoms with Crippen LogP contribution in [-0.2, 0) is 10.5 Å². The van der Waals surface area contributed by atoms with Crippen molar-refractivity contribution in [2.24, 2.45) is 4.36 Å². The summed E-state index contributed by atoms with van der Waals surface area (Å²) in [6.07, 6.45) is 1.24. The molecule has 48 valence electrons. The van der Waals surface area contributed by atoms with Gasteiger partial charge in [-0.3, -0.25) is 5.10 Å². The van der Waals surface area contributed by atoms with Crippen LogP contribution >= 0.6 is 0 Å². The van der Waals surface area contributed by atoms with Crippen LogP contribution in [0.3, 0.4) is 0 Å². The van der Waals surface area contributed by atoms with Crippen molar-refractivity contribution >= 4 is 16.4 Å². The smallest absolute Gasteiger partial charge is 0.264 e. The number of aromatic nitrogens is 3. The summed E-state index contributed by atoms with van der Waals surface area (Å²) in [7, 11) is -2.46. The first-order valence-electron chi connectivity index (χ1n) is 1.96. The van der Waals surface area contributed by atoms with E-state index in [1.807, 2.05) is 0 Å². The van der Waals surface area contributed by atoms with Crippen molar-refractivity contribution in [2.75, 3.05) is 0 Å². The summed E-state index contributed by atoms with van der Waals surface area (Å²) in [6.45, 7) is 0. The Hall–Kier alpha value is -1.24. The predicted molar refractivity (Wildman–Crippen MR) is 27.4 cm³/mol. The van der Waals surface area contributed by atoms with Gasteiger partial charge in [0.05, 0.1) is 0 Å². The van der Waals surface area contributed by atoms with Crippen LogP contribution in [0.5, 0.6) is 0 Å². The molecule has 1 aromatic heterocycles. The van der Waals surface area contributed by atoms with Gasteiger partial charge in [0, 0.05) is 0 Å². The van der Waals surface area contributed by atoms with Gasteiger partial charge in [0.1, 0.15) is 6.33 Å². The number of hydrogen-bond donors (Lipinski definition) is 1. The van der Waals surface area contributed by atoms with E-state index in [1.165, 1.54) is 6.33 Å². The normalized spacial score (nSPS) is 8.89. The van der Waals surface area contributed by atoms with E-state index in [2.05, 4.69) is 19.5 Å². The Bertz CT molecular complexity index is 289. The van der Waals surface area contributed by atoms with Crippen molar-refractivity contribution in [2.45, 2.75) is 0 Å². The van der Waals surface area contributed by atoms with Crippen molar-refractivity contribution in [1.82, 2.24) is 15.2 Å². The van der Waals surface area contributed by atoms with Gasteiger partial charge in [-0.2, -0.15) is 13.4 Å². The lowest BCUT2D eigenvalue weighted by atomic mass is 11.1. The molecule has 0 amide bonds. The van der Waals surface area contributed by atoms with Gasteiger partial charge in [-0.25, -0.2) is 0 Å². The Labute approximate surface area is 51.6 Å². The first-order valence-corrected chi connectivity index (χ1v) is 2.99. The van der Waals surface area contributed by atoms with E-state index in [9.17, 15) is 8.42 Å². The fraction of sp³-hybridized carbons (Fsp3) is 0. The number of hydrogen-bond acceptors (Lipinski definition) is 5. The molecule has 0 spiro atoms. The Kier molecular flexibility index (Phi) is 1.54. The third kappa shape index (κ3) is 1.61. The largest absolute Gasteiger partial charge is 0.319 e. The second-order valence-electron chi connectivity index (χ2n) is 1.11. The first-order chi connectivity index (χ1) is 4.29. The number of H-pyrrole nitrogens is 1. The van der Waals surface area contributed by atoms with E-state index < -0.39 is 10.5 Å². The summed E-state index contributed by atoms with van der Waals surface area (Å²) in [6, 6.07) is 0. The highest BCUT2D eigenvalue weighted by molar-refractivity contribution is 7.61. The van der Waals surface area contributed by atoms with Gasteiger partial charge in [-0.15, -0.1) is 5.10 Å². The van der Waals surface area contributed by atoms with Crippen molar-refractivity contribution in [3.63, 3.8) is 0 Å². The zero-order valence-corrected chi connectivity index (χ0v) is 4.96. The Morgan fingerprint density at radius 3 is 2.89 bits per heavy atom. The Balaban J connectivity index is 3.07. The second-order valence-corrected chi connectivity index (χ2v) is 1.72. The molecule has 0 fully saturated rings. The molecule has 0 radical (unpaired) electrons. The molecule has 1 aromatic rings. The minimum Gasteiger partial charge on any atom is -0.264 e. The molecule has 0 bridgehead atoms. The maximum atomic E-state index is 9.81. The maximum Gasteiger partial charge on any atom is 0.319 e. The van der Waals surface area contributed by atoms with Crippen molar-refractivity contribution in [1.29, 1.82) is 0 Å². The van der Waals surface area contributed by atoms with Gasteiger partial charge < -0.3 is 0 Å². The van der Waals surface area contributed by atoms with Gasteiger partial charge in [0.2, 0.25) is 0 Å². The van der Waals surface area contributed by atoms with E-state index in [1.54, 1.807) is 0 Å². The zero-order valence-electron chi connectivity index (χ0n) is 4.14.